The number of carbonyl (C=O) groups excluding carboxylic acids is 2. The largest absolute Gasteiger partial charge is 0.444 e. The average Bonchev–Trinajstić information content (AvgIpc) is 2.81. The highest BCUT2D eigenvalue weighted by Crippen LogP contribution is 2.35. The molecule has 2 aliphatic heterocycles. The molecule has 2 amide bonds. The number of hydrogen-bond donors (Lipinski definition) is 1. The number of amides is 2. The quantitative estimate of drug-likeness (QED) is 0.801. The molecule has 1 fully saturated rings. The Balaban J connectivity index is 1.85. The minimum absolute atomic E-state index is 0.0330. The number of nitrogens with one attached hydrogen (secondary N) is 1. The van der Waals surface area contributed by atoms with E-state index in [1.54, 1.807) is 4.90 Å². The lowest BCUT2D eigenvalue weighted by Gasteiger charge is -2.28. The number of fused-ring (bicyclic) bond motifs is 3. The molecule has 2 heterocycles. The number of aryl methyl sites for hydroxylation is 1. The first-order chi connectivity index (χ1) is 10.3. The molecule has 5 heteroatoms. The first-order valence-electron chi connectivity index (χ1n) is 7.64. The molecular formula is C17H22N2O3. The lowest BCUT2D eigenvalue weighted by Crippen LogP contribution is -2.45. The van der Waals surface area contributed by atoms with Crippen LogP contribution in [0.5, 0.6) is 0 Å². The van der Waals surface area contributed by atoms with Crippen molar-refractivity contribution in [2.75, 3.05) is 13.1 Å². The third kappa shape index (κ3) is 2.56. The summed E-state index contributed by atoms with van der Waals surface area (Å²) < 4.78 is 5.44. The Bertz CT molecular complexity index is 633. The molecule has 0 radical (unpaired) electrons. The highest BCUT2D eigenvalue weighted by Gasteiger charge is 2.43. The molecule has 2 aliphatic rings. The topological polar surface area (TPSA) is 58.6 Å². The fourth-order valence-electron chi connectivity index (χ4n) is 3.29. The summed E-state index contributed by atoms with van der Waals surface area (Å²) in [6, 6.07) is 5.88. The van der Waals surface area contributed by atoms with Gasteiger partial charge in [-0.25, -0.2) is 4.79 Å². The summed E-state index contributed by atoms with van der Waals surface area (Å²) in [5.41, 5.74) is 2.27. The molecule has 0 aromatic heterocycles. The van der Waals surface area contributed by atoms with Crippen molar-refractivity contribution < 1.29 is 14.3 Å². The fraction of sp³-hybridized carbons (Fsp3) is 0.529. The summed E-state index contributed by atoms with van der Waals surface area (Å²) in [5.74, 6) is 0.0977. The monoisotopic (exact) mass is 302 g/mol. The molecule has 0 unspecified atom stereocenters. The van der Waals surface area contributed by atoms with Crippen molar-refractivity contribution in [2.24, 2.45) is 0 Å². The summed E-state index contributed by atoms with van der Waals surface area (Å²) in [5, 5.41) is 3.03. The van der Waals surface area contributed by atoms with E-state index >= 15 is 0 Å². The Labute approximate surface area is 130 Å². The van der Waals surface area contributed by atoms with Gasteiger partial charge < -0.3 is 15.0 Å². The second kappa shape index (κ2) is 5.00. The van der Waals surface area contributed by atoms with Crippen LogP contribution in [-0.4, -0.2) is 41.6 Å². The smallest absolute Gasteiger partial charge is 0.410 e. The van der Waals surface area contributed by atoms with Crippen LogP contribution in [0.3, 0.4) is 0 Å². The average molecular weight is 302 g/mol. The summed E-state index contributed by atoms with van der Waals surface area (Å²) >= 11 is 0. The zero-order valence-electron chi connectivity index (χ0n) is 13.5. The number of rotatable bonds is 0. The van der Waals surface area contributed by atoms with Gasteiger partial charge in [-0.3, -0.25) is 4.79 Å². The summed E-state index contributed by atoms with van der Waals surface area (Å²) in [4.78, 5) is 26.3. The Kier molecular flexibility index (Phi) is 3.38. The van der Waals surface area contributed by atoms with Crippen LogP contribution in [0.1, 0.15) is 48.2 Å². The Hall–Kier alpha value is -2.04. The van der Waals surface area contributed by atoms with E-state index in [1.807, 2.05) is 45.9 Å². The second-order valence-electron chi connectivity index (χ2n) is 7.11. The number of nitrogens with zero attached hydrogens (tertiary/aromatic N) is 1. The standard InChI is InChI=1S/C17H22N2O3/c1-10-6-5-7-11-12-8-19(16(21)22-17(2,3)4)9-13(12)18-15(20)14(10)11/h5-7,12-13H,8-9H2,1-4H3,(H,18,20)/t12-,13+/m1/s1. The maximum Gasteiger partial charge on any atom is 0.410 e. The van der Waals surface area contributed by atoms with E-state index in [0.717, 1.165) is 16.7 Å². The molecule has 5 nitrogen and oxygen atoms in total. The molecule has 0 bridgehead atoms. The number of likely N-dealkylation sites (tertiary alicyclic amines) is 1. The van der Waals surface area contributed by atoms with Gasteiger partial charge in [0.25, 0.3) is 5.91 Å². The van der Waals surface area contributed by atoms with Crippen LogP contribution in [0.25, 0.3) is 0 Å². The third-order valence-electron chi connectivity index (χ3n) is 4.22. The van der Waals surface area contributed by atoms with Gasteiger partial charge in [0.05, 0.1) is 6.04 Å². The first kappa shape index (κ1) is 14.9. The van der Waals surface area contributed by atoms with Crippen LogP contribution < -0.4 is 5.32 Å². The number of carbonyl (C=O) groups is 2. The fourth-order valence-corrected chi connectivity index (χ4v) is 3.29. The van der Waals surface area contributed by atoms with Gasteiger partial charge in [-0.15, -0.1) is 0 Å². The Morgan fingerprint density at radius 1 is 1.32 bits per heavy atom. The van der Waals surface area contributed by atoms with E-state index in [1.165, 1.54) is 0 Å². The van der Waals surface area contributed by atoms with E-state index in [9.17, 15) is 9.59 Å². The zero-order chi connectivity index (χ0) is 16.1. The summed E-state index contributed by atoms with van der Waals surface area (Å²) in [6.45, 7) is 8.59. The highest BCUT2D eigenvalue weighted by molar-refractivity contribution is 5.99. The van der Waals surface area contributed by atoms with Gasteiger partial charge in [-0.1, -0.05) is 18.2 Å². The van der Waals surface area contributed by atoms with Crippen LogP contribution >= 0.6 is 0 Å². The van der Waals surface area contributed by atoms with Crippen LogP contribution in [0.2, 0.25) is 0 Å². The van der Waals surface area contributed by atoms with Crippen molar-refractivity contribution >= 4 is 12.0 Å². The van der Waals surface area contributed by atoms with E-state index in [2.05, 4.69) is 5.32 Å². The summed E-state index contributed by atoms with van der Waals surface area (Å²) in [7, 11) is 0. The molecule has 1 aromatic carbocycles. The summed E-state index contributed by atoms with van der Waals surface area (Å²) in [6.07, 6.45) is -0.314. The van der Waals surface area contributed by atoms with E-state index in [-0.39, 0.29) is 24.0 Å². The van der Waals surface area contributed by atoms with Crippen molar-refractivity contribution in [3.05, 3.63) is 34.9 Å². The molecule has 118 valence electrons. The molecular weight excluding hydrogens is 280 g/mol. The van der Waals surface area contributed by atoms with Gasteiger partial charge in [0.1, 0.15) is 5.60 Å². The Morgan fingerprint density at radius 3 is 2.73 bits per heavy atom. The van der Waals surface area contributed by atoms with Crippen molar-refractivity contribution in [2.45, 2.75) is 45.3 Å². The number of benzene rings is 1. The lowest BCUT2D eigenvalue weighted by molar-refractivity contribution is 0.0288. The van der Waals surface area contributed by atoms with E-state index in [4.69, 9.17) is 4.74 Å². The van der Waals surface area contributed by atoms with Gasteiger partial charge in [0, 0.05) is 24.6 Å². The van der Waals surface area contributed by atoms with Gasteiger partial charge >= 0.3 is 6.09 Å². The molecule has 0 saturated carbocycles. The van der Waals surface area contributed by atoms with E-state index in [0.29, 0.717) is 13.1 Å². The van der Waals surface area contributed by atoms with Crippen LogP contribution in [0, 0.1) is 6.92 Å². The highest BCUT2D eigenvalue weighted by atomic mass is 16.6. The van der Waals surface area contributed by atoms with Crippen molar-refractivity contribution in [3.8, 4) is 0 Å². The van der Waals surface area contributed by atoms with Gasteiger partial charge in [0.2, 0.25) is 0 Å². The molecule has 0 aliphatic carbocycles. The third-order valence-corrected chi connectivity index (χ3v) is 4.22. The normalized spacial score (nSPS) is 23.6. The van der Waals surface area contributed by atoms with Gasteiger partial charge in [-0.2, -0.15) is 0 Å². The molecule has 3 rings (SSSR count). The Morgan fingerprint density at radius 2 is 2.05 bits per heavy atom. The predicted octanol–water partition coefficient (Wildman–Crippen LogP) is 2.44. The van der Waals surface area contributed by atoms with Crippen molar-refractivity contribution in [3.63, 3.8) is 0 Å². The molecule has 1 saturated heterocycles. The van der Waals surface area contributed by atoms with Crippen LogP contribution in [0.15, 0.2) is 18.2 Å². The first-order valence-corrected chi connectivity index (χ1v) is 7.64. The minimum Gasteiger partial charge on any atom is -0.444 e. The lowest BCUT2D eigenvalue weighted by atomic mass is 9.84. The second-order valence-corrected chi connectivity index (χ2v) is 7.11. The predicted molar refractivity (Wildman–Crippen MR) is 83.0 cm³/mol. The van der Waals surface area contributed by atoms with Crippen LogP contribution in [0.4, 0.5) is 4.79 Å². The number of hydrogen-bond acceptors (Lipinski definition) is 3. The molecule has 1 N–H and O–H groups in total. The van der Waals surface area contributed by atoms with Gasteiger partial charge in [0.15, 0.2) is 0 Å². The van der Waals surface area contributed by atoms with Crippen molar-refractivity contribution in [1.29, 1.82) is 0 Å². The SMILES string of the molecule is Cc1cccc2c1C(=O)N[C@H]1CN(C(=O)OC(C)(C)C)C[C@H]21. The molecule has 1 aromatic rings. The maximum atomic E-state index is 12.3. The maximum absolute atomic E-state index is 12.3. The van der Waals surface area contributed by atoms with Crippen molar-refractivity contribution in [1.82, 2.24) is 10.2 Å². The molecule has 22 heavy (non-hydrogen) atoms. The number of ether oxygens (including phenoxy) is 1. The van der Waals surface area contributed by atoms with E-state index < -0.39 is 5.60 Å². The van der Waals surface area contributed by atoms with Crippen LogP contribution in [-0.2, 0) is 4.74 Å². The molecule has 2 atom stereocenters. The molecule has 0 spiro atoms. The minimum atomic E-state index is -0.511. The van der Waals surface area contributed by atoms with Gasteiger partial charge in [-0.05, 0) is 38.8 Å². The zero-order valence-corrected chi connectivity index (χ0v) is 13.5.